The molecule has 0 radical (unpaired) electrons. The van der Waals surface area contributed by atoms with E-state index in [1.54, 1.807) is 13.8 Å². The Balaban J connectivity index is 3.17. The van der Waals surface area contributed by atoms with Crippen LogP contribution >= 0.6 is 15.9 Å². The zero-order valence-electron chi connectivity index (χ0n) is 10.5. The fraction of sp³-hybridized carbons (Fsp3) is 0.455. The second-order valence-electron chi connectivity index (χ2n) is 4.46. The number of rotatable bonds is 5. The highest BCUT2D eigenvalue weighted by atomic mass is 79.9. The van der Waals surface area contributed by atoms with Crippen LogP contribution in [0.4, 0.5) is 10.1 Å². The molecule has 4 N–H and O–H groups in total. The molecule has 0 amide bonds. The molecule has 0 saturated carbocycles. The second-order valence-corrected chi connectivity index (χ2v) is 7.00. The fourth-order valence-electron chi connectivity index (χ4n) is 1.40. The highest BCUT2D eigenvalue weighted by Gasteiger charge is 2.24. The molecule has 1 atom stereocenters. The normalized spacial score (nSPS) is 13.8. The van der Waals surface area contributed by atoms with Gasteiger partial charge in [-0.1, -0.05) is 13.8 Å². The van der Waals surface area contributed by atoms with Crippen LogP contribution in [0.15, 0.2) is 21.5 Å². The molecule has 0 aliphatic carbocycles. The highest BCUT2D eigenvalue weighted by Crippen LogP contribution is 2.27. The average molecular weight is 355 g/mol. The van der Waals surface area contributed by atoms with Crippen LogP contribution in [0.5, 0.6) is 0 Å². The number of hydrogen-bond donors (Lipinski definition) is 3. The number of hydrogen-bond acceptors (Lipinski definition) is 4. The molecular weight excluding hydrogens is 339 g/mol. The summed E-state index contributed by atoms with van der Waals surface area (Å²) in [4.78, 5) is -0.162. The van der Waals surface area contributed by atoms with Crippen molar-refractivity contribution in [3.05, 3.63) is 22.4 Å². The maximum Gasteiger partial charge on any atom is 0.242 e. The smallest absolute Gasteiger partial charge is 0.242 e. The quantitative estimate of drug-likeness (QED) is 0.698. The Morgan fingerprint density at radius 3 is 2.53 bits per heavy atom. The number of aliphatic hydroxyl groups excluding tert-OH is 1. The van der Waals surface area contributed by atoms with Gasteiger partial charge in [0.1, 0.15) is 5.82 Å². The van der Waals surface area contributed by atoms with Crippen LogP contribution in [-0.2, 0) is 10.0 Å². The van der Waals surface area contributed by atoms with Crippen LogP contribution in [-0.4, -0.2) is 26.2 Å². The monoisotopic (exact) mass is 354 g/mol. The summed E-state index contributed by atoms with van der Waals surface area (Å²) in [5.41, 5.74) is 5.12. The van der Waals surface area contributed by atoms with Gasteiger partial charge in [0, 0.05) is 10.5 Å². The Morgan fingerprint density at radius 2 is 2.05 bits per heavy atom. The first-order chi connectivity index (χ1) is 8.69. The van der Waals surface area contributed by atoms with Gasteiger partial charge in [0.25, 0.3) is 0 Å². The van der Waals surface area contributed by atoms with E-state index in [1.807, 2.05) is 0 Å². The lowest BCUT2D eigenvalue weighted by Gasteiger charge is -2.20. The van der Waals surface area contributed by atoms with Gasteiger partial charge in [0.05, 0.1) is 17.2 Å². The van der Waals surface area contributed by atoms with E-state index in [0.29, 0.717) is 0 Å². The minimum absolute atomic E-state index is 0.0761. The number of aliphatic hydroxyl groups is 1. The largest absolute Gasteiger partial charge is 0.396 e. The first kappa shape index (κ1) is 16.4. The van der Waals surface area contributed by atoms with Crippen LogP contribution in [0, 0.1) is 11.7 Å². The van der Waals surface area contributed by atoms with Crippen LogP contribution in [0.25, 0.3) is 0 Å². The molecular formula is C11H16BrFN2O3S. The Hall–Kier alpha value is -0.700. The summed E-state index contributed by atoms with van der Waals surface area (Å²) in [6.45, 7) is 3.22. The number of halogens is 2. The molecule has 0 saturated heterocycles. The fourth-order valence-corrected chi connectivity index (χ4v) is 3.82. The minimum Gasteiger partial charge on any atom is -0.396 e. The topological polar surface area (TPSA) is 92.4 Å². The molecule has 0 unspecified atom stereocenters. The summed E-state index contributed by atoms with van der Waals surface area (Å²) < 4.78 is 40.0. The zero-order valence-corrected chi connectivity index (χ0v) is 12.9. The minimum atomic E-state index is -3.89. The van der Waals surface area contributed by atoms with E-state index in [1.165, 1.54) is 0 Å². The van der Waals surface area contributed by atoms with E-state index >= 15 is 0 Å². The molecule has 1 aromatic carbocycles. The Bertz CT molecular complexity index is 563. The molecule has 19 heavy (non-hydrogen) atoms. The second kappa shape index (κ2) is 6.17. The van der Waals surface area contributed by atoms with Crippen LogP contribution in [0.2, 0.25) is 0 Å². The number of sulfonamides is 1. The predicted molar refractivity (Wildman–Crippen MR) is 74.5 cm³/mol. The standard InChI is InChI=1S/C11H16BrFN2O3S/c1-6(2)10(5-16)15-19(17,18)11-4-9(14)8(13)3-7(11)12/h3-4,6,10,15-16H,5,14H2,1-2H3/t10-/m1/s1. The zero-order chi connectivity index (χ0) is 14.8. The summed E-state index contributed by atoms with van der Waals surface area (Å²) in [6.07, 6.45) is 0. The molecule has 0 fully saturated rings. The molecule has 108 valence electrons. The Labute approximate surface area is 120 Å². The molecule has 0 spiro atoms. The summed E-state index contributed by atoms with van der Waals surface area (Å²) in [7, 11) is -3.89. The Morgan fingerprint density at radius 1 is 1.47 bits per heavy atom. The van der Waals surface area contributed by atoms with Gasteiger partial charge in [-0.3, -0.25) is 0 Å². The first-order valence-electron chi connectivity index (χ1n) is 5.56. The van der Waals surface area contributed by atoms with E-state index < -0.39 is 21.9 Å². The maximum atomic E-state index is 13.2. The molecule has 0 bridgehead atoms. The van der Waals surface area contributed by atoms with Gasteiger partial charge in [0.15, 0.2) is 0 Å². The van der Waals surface area contributed by atoms with Gasteiger partial charge in [-0.15, -0.1) is 0 Å². The van der Waals surface area contributed by atoms with Crippen molar-refractivity contribution in [3.8, 4) is 0 Å². The van der Waals surface area contributed by atoms with E-state index in [0.717, 1.165) is 12.1 Å². The molecule has 8 heteroatoms. The SMILES string of the molecule is CC(C)[C@@H](CO)NS(=O)(=O)c1cc(N)c(F)cc1Br. The molecule has 5 nitrogen and oxygen atoms in total. The number of nitrogens with two attached hydrogens (primary N) is 1. The molecule has 1 aromatic rings. The van der Waals surface area contributed by atoms with Crippen molar-refractivity contribution in [2.24, 2.45) is 5.92 Å². The van der Waals surface area contributed by atoms with Gasteiger partial charge >= 0.3 is 0 Å². The predicted octanol–water partition coefficient (Wildman–Crippen LogP) is 1.47. The van der Waals surface area contributed by atoms with Gasteiger partial charge in [0.2, 0.25) is 10.0 Å². The van der Waals surface area contributed by atoms with Gasteiger partial charge in [-0.05, 0) is 34.0 Å². The van der Waals surface area contributed by atoms with Crippen molar-refractivity contribution in [3.63, 3.8) is 0 Å². The number of anilines is 1. The average Bonchev–Trinajstić information content (AvgIpc) is 2.30. The van der Waals surface area contributed by atoms with E-state index in [-0.39, 0.29) is 27.6 Å². The van der Waals surface area contributed by atoms with Crippen molar-refractivity contribution in [2.45, 2.75) is 24.8 Å². The third-order valence-electron chi connectivity index (χ3n) is 2.65. The van der Waals surface area contributed by atoms with Crippen molar-refractivity contribution < 1.29 is 17.9 Å². The summed E-state index contributed by atoms with van der Waals surface area (Å²) in [5, 5.41) is 9.15. The van der Waals surface area contributed by atoms with Crippen LogP contribution < -0.4 is 10.5 Å². The summed E-state index contributed by atoms with van der Waals surface area (Å²) in [6, 6.07) is 1.41. The lowest BCUT2D eigenvalue weighted by molar-refractivity contribution is 0.227. The Kier molecular flexibility index (Phi) is 5.31. The molecule has 1 rings (SSSR count). The third kappa shape index (κ3) is 3.88. The number of nitrogen functional groups attached to an aromatic ring is 1. The van der Waals surface area contributed by atoms with Crippen LogP contribution in [0.3, 0.4) is 0 Å². The lowest BCUT2D eigenvalue weighted by atomic mass is 10.1. The maximum absolute atomic E-state index is 13.2. The van der Waals surface area contributed by atoms with E-state index in [4.69, 9.17) is 10.8 Å². The van der Waals surface area contributed by atoms with Crippen molar-refractivity contribution in [1.29, 1.82) is 0 Å². The van der Waals surface area contributed by atoms with Crippen molar-refractivity contribution in [1.82, 2.24) is 4.72 Å². The summed E-state index contributed by atoms with van der Waals surface area (Å²) in [5.74, 6) is -0.787. The molecule has 0 aliphatic heterocycles. The van der Waals surface area contributed by atoms with Gasteiger partial charge in [-0.25, -0.2) is 17.5 Å². The van der Waals surface area contributed by atoms with Crippen LogP contribution in [0.1, 0.15) is 13.8 Å². The summed E-state index contributed by atoms with van der Waals surface area (Å²) >= 11 is 2.99. The highest BCUT2D eigenvalue weighted by molar-refractivity contribution is 9.10. The number of nitrogens with one attached hydrogen (secondary N) is 1. The van der Waals surface area contributed by atoms with Crippen molar-refractivity contribution >= 4 is 31.6 Å². The van der Waals surface area contributed by atoms with E-state index in [2.05, 4.69) is 20.7 Å². The molecule has 0 aromatic heterocycles. The molecule has 0 heterocycles. The molecule has 0 aliphatic rings. The first-order valence-corrected chi connectivity index (χ1v) is 7.84. The van der Waals surface area contributed by atoms with Gasteiger partial charge in [-0.2, -0.15) is 0 Å². The van der Waals surface area contributed by atoms with E-state index in [9.17, 15) is 12.8 Å². The third-order valence-corrected chi connectivity index (χ3v) is 5.10. The number of benzene rings is 1. The lowest BCUT2D eigenvalue weighted by Crippen LogP contribution is -2.41. The van der Waals surface area contributed by atoms with Gasteiger partial charge < -0.3 is 10.8 Å². The van der Waals surface area contributed by atoms with Crippen molar-refractivity contribution in [2.75, 3.05) is 12.3 Å².